The minimum absolute atomic E-state index is 0.160. The number of ether oxygens (including phenoxy) is 1. The molecule has 0 amide bonds. The van der Waals surface area contributed by atoms with Crippen LogP contribution in [0.2, 0.25) is 0 Å². The second-order valence-electron chi connectivity index (χ2n) is 4.40. The molecule has 1 atom stereocenters. The van der Waals surface area contributed by atoms with Crippen LogP contribution in [-0.2, 0) is 0 Å². The molecule has 4 heteroatoms. The molecule has 0 aliphatic rings. The minimum atomic E-state index is -0.160. The van der Waals surface area contributed by atoms with Crippen LogP contribution >= 0.6 is 11.3 Å². The average Bonchev–Trinajstić information content (AvgIpc) is 2.84. The van der Waals surface area contributed by atoms with Crippen LogP contribution in [0.1, 0.15) is 27.7 Å². The van der Waals surface area contributed by atoms with Gasteiger partial charge in [-0.2, -0.15) is 5.26 Å². The Bertz CT molecular complexity index is 613. The number of nitrogens with zero attached hydrogens (tertiary/aromatic N) is 1. The molecular weight excluding hydrogens is 256 g/mol. The van der Waals surface area contributed by atoms with Crippen LogP contribution in [0.15, 0.2) is 29.6 Å². The molecule has 1 aromatic heterocycles. The predicted molar refractivity (Wildman–Crippen MR) is 77.4 cm³/mol. The highest BCUT2D eigenvalue weighted by molar-refractivity contribution is 7.10. The Labute approximate surface area is 117 Å². The van der Waals surface area contributed by atoms with Crippen LogP contribution in [0.3, 0.4) is 0 Å². The Balaban J connectivity index is 2.29. The third-order valence-corrected chi connectivity index (χ3v) is 4.11. The van der Waals surface area contributed by atoms with Gasteiger partial charge < -0.3 is 10.5 Å². The molecule has 0 radical (unpaired) electrons. The number of benzene rings is 1. The van der Waals surface area contributed by atoms with Gasteiger partial charge >= 0.3 is 0 Å². The van der Waals surface area contributed by atoms with Crippen LogP contribution in [0, 0.1) is 25.2 Å². The fourth-order valence-electron chi connectivity index (χ4n) is 1.87. The zero-order valence-corrected chi connectivity index (χ0v) is 11.8. The second-order valence-corrected chi connectivity index (χ2v) is 5.35. The lowest BCUT2D eigenvalue weighted by Gasteiger charge is -2.18. The van der Waals surface area contributed by atoms with E-state index in [4.69, 9.17) is 15.7 Å². The summed E-state index contributed by atoms with van der Waals surface area (Å²) in [7, 11) is 0. The van der Waals surface area contributed by atoms with Gasteiger partial charge in [0, 0.05) is 11.4 Å². The fraction of sp³-hybridized carbons (Fsp3) is 0.267. The quantitative estimate of drug-likeness (QED) is 0.928. The van der Waals surface area contributed by atoms with Gasteiger partial charge in [0.1, 0.15) is 11.9 Å². The number of nitriles is 1. The Hall–Kier alpha value is -1.83. The van der Waals surface area contributed by atoms with Crippen molar-refractivity contribution in [2.24, 2.45) is 5.73 Å². The molecule has 3 nitrogen and oxygen atoms in total. The van der Waals surface area contributed by atoms with E-state index >= 15 is 0 Å². The highest BCUT2D eigenvalue weighted by atomic mass is 32.1. The van der Waals surface area contributed by atoms with Crippen molar-refractivity contribution < 1.29 is 4.74 Å². The molecule has 0 fully saturated rings. The van der Waals surface area contributed by atoms with Gasteiger partial charge in [-0.1, -0.05) is 6.07 Å². The molecule has 0 bridgehead atoms. The molecule has 1 heterocycles. The molecule has 0 aliphatic carbocycles. The smallest absolute Gasteiger partial charge is 0.145 e. The molecule has 0 saturated heterocycles. The summed E-state index contributed by atoms with van der Waals surface area (Å²) in [5.74, 6) is 0.724. The first-order valence-electron chi connectivity index (χ1n) is 6.07. The number of thiophene rings is 1. The minimum Gasteiger partial charge on any atom is -0.483 e. The first-order valence-corrected chi connectivity index (χ1v) is 6.95. The highest BCUT2D eigenvalue weighted by Gasteiger charge is 2.16. The van der Waals surface area contributed by atoms with E-state index in [1.807, 2.05) is 18.4 Å². The molecule has 0 saturated carbocycles. The van der Waals surface area contributed by atoms with Crippen molar-refractivity contribution in [1.29, 1.82) is 5.26 Å². The number of nitrogens with two attached hydrogens (primary N) is 1. The first-order chi connectivity index (χ1) is 9.15. The maximum atomic E-state index is 8.94. The summed E-state index contributed by atoms with van der Waals surface area (Å²) in [6.45, 7) is 4.43. The molecule has 19 heavy (non-hydrogen) atoms. The Morgan fingerprint density at radius 3 is 2.68 bits per heavy atom. The topological polar surface area (TPSA) is 59.0 Å². The highest BCUT2D eigenvalue weighted by Crippen LogP contribution is 2.30. The van der Waals surface area contributed by atoms with E-state index in [-0.39, 0.29) is 6.10 Å². The summed E-state index contributed by atoms with van der Waals surface area (Å²) >= 11 is 1.65. The maximum Gasteiger partial charge on any atom is 0.145 e. The SMILES string of the molecule is Cc1ccc(C#N)cc1OC(CN)c1sccc1C. The van der Waals surface area contributed by atoms with Crippen molar-refractivity contribution in [3.05, 3.63) is 51.2 Å². The van der Waals surface area contributed by atoms with Crippen molar-refractivity contribution in [1.82, 2.24) is 0 Å². The summed E-state index contributed by atoms with van der Waals surface area (Å²) in [6.07, 6.45) is -0.160. The average molecular weight is 272 g/mol. The molecule has 1 aromatic carbocycles. The number of rotatable bonds is 4. The van der Waals surface area contributed by atoms with Crippen LogP contribution in [0.25, 0.3) is 0 Å². The van der Waals surface area contributed by atoms with Crippen molar-refractivity contribution in [3.63, 3.8) is 0 Å². The van der Waals surface area contributed by atoms with Gasteiger partial charge in [-0.3, -0.25) is 0 Å². The van der Waals surface area contributed by atoms with Crippen LogP contribution in [0.4, 0.5) is 0 Å². The van der Waals surface area contributed by atoms with Crippen LogP contribution in [0.5, 0.6) is 5.75 Å². The molecule has 2 N–H and O–H groups in total. The van der Waals surface area contributed by atoms with Crippen LogP contribution < -0.4 is 10.5 Å². The zero-order chi connectivity index (χ0) is 13.8. The Kier molecular flexibility index (Phi) is 4.20. The molecule has 0 spiro atoms. The van der Waals surface area contributed by atoms with E-state index in [1.165, 1.54) is 5.56 Å². The predicted octanol–water partition coefficient (Wildman–Crippen LogP) is 3.32. The van der Waals surface area contributed by atoms with E-state index in [0.29, 0.717) is 12.1 Å². The number of hydrogen-bond donors (Lipinski definition) is 1. The maximum absolute atomic E-state index is 8.94. The lowest BCUT2D eigenvalue weighted by atomic mass is 10.1. The van der Waals surface area contributed by atoms with E-state index in [2.05, 4.69) is 19.1 Å². The monoisotopic (exact) mass is 272 g/mol. The van der Waals surface area contributed by atoms with Gasteiger partial charge in [0.05, 0.1) is 11.6 Å². The number of hydrogen-bond acceptors (Lipinski definition) is 4. The normalized spacial score (nSPS) is 11.9. The lowest BCUT2D eigenvalue weighted by molar-refractivity contribution is 0.216. The van der Waals surface area contributed by atoms with Gasteiger partial charge in [-0.25, -0.2) is 0 Å². The van der Waals surface area contributed by atoms with E-state index in [1.54, 1.807) is 23.5 Å². The van der Waals surface area contributed by atoms with Crippen molar-refractivity contribution in [3.8, 4) is 11.8 Å². The van der Waals surface area contributed by atoms with E-state index in [9.17, 15) is 0 Å². The standard InChI is InChI=1S/C15H16N2OS/c1-10-3-4-12(8-16)7-13(10)18-14(9-17)15-11(2)5-6-19-15/h3-7,14H,9,17H2,1-2H3. The lowest BCUT2D eigenvalue weighted by Crippen LogP contribution is -2.18. The third-order valence-electron chi connectivity index (χ3n) is 2.99. The molecule has 2 aromatic rings. The molecule has 1 unspecified atom stereocenters. The van der Waals surface area contributed by atoms with Crippen molar-refractivity contribution in [2.75, 3.05) is 6.54 Å². The summed E-state index contributed by atoms with van der Waals surface area (Å²) in [5, 5.41) is 11.0. The summed E-state index contributed by atoms with van der Waals surface area (Å²) in [6, 6.07) is 9.63. The Morgan fingerprint density at radius 1 is 1.32 bits per heavy atom. The third kappa shape index (κ3) is 2.95. The summed E-state index contributed by atoms with van der Waals surface area (Å²) in [4.78, 5) is 1.14. The Morgan fingerprint density at radius 2 is 2.11 bits per heavy atom. The van der Waals surface area contributed by atoms with Gasteiger partial charge in [-0.05, 0) is 48.6 Å². The van der Waals surface area contributed by atoms with Crippen molar-refractivity contribution in [2.45, 2.75) is 20.0 Å². The fourth-order valence-corrected chi connectivity index (χ4v) is 2.84. The van der Waals surface area contributed by atoms with Gasteiger partial charge in [-0.15, -0.1) is 11.3 Å². The summed E-state index contributed by atoms with van der Waals surface area (Å²) < 4.78 is 6.00. The van der Waals surface area contributed by atoms with Crippen LogP contribution in [-0.4, -0.2) is 6.54 Å². The zero-order valence-electron chi connectivity index (χ0n) is 11.0. The second kappa shape index (κ2) is 5.87. The molecule has 98 valence electrons. The molecule has 2 rings (SSSR count). The summed E-state index contributed by atoms with van der Waals surface area (Å²) in [5.41, 5.74) is 8.61. The molecule has 0 aliphatic heterocycles. The van der Waals surface area contributed by atoms with E-state index in [0.717, 1.165) is 16.2 Å². The molecular formula is C15H16N2OS. The van der Waals surface area contributed by atoms with E-state index < -0.39 is 0 Å². The largest absolute Gasteiger partial charge is 0.483 e. The van der Waals surface area contributed by atoms with Gasteiger partial charge in [0.25, 0.3) is 0 Å². The van der Waals surface area contributed by atoms with Gasteiger partial charge in [0.15, 0.2) is 0 Å². The van der Waals surface area contributed by atoms with Gasteiger partial charge in [0.2, 0.25) is 0 Å². The van der Waals surface area contributed by atoms with Crippen molar-refractivity contribution >= 4 is 11.3 Å². The first kappa shape index (κ1) is 13.6. The number of aryl methyl sites for hydroxylation is 2.